The van der Waals surface area contributed by atoms with Crippen LogP contribution < -0.4 is 5.32 Å². The quantitative estimate of drug-likeness (QED) is 0.613. The minimum atomic E-state index is -0.418. The molecule has 0 aliphatic heterocycles. The molecule has 5 heteroatoms. The largest absolute Gasteiger partial charge is 0.368 e. The van der Waals surface area contributed by atoms with Crippen molar-refractivity contribution in [2.75, 3.05) is 6.61 Å². The molecule has 110 valence electrons. The second-order valence-corrected chi connectivity index (χ2v) is 5.21. The maximum absolute atomic E-state index is 12.1. The number of amides is 1. The van der Waals surface area contributed by atoms with Gasteiger partial charge in [-0.2, -0.15) is 0 Å². The van der Waals surface area contributed by atoms with Crippen LogP contribution in [0.5, 0.6) is 0 Å². The minimum Gasteiger partial charge on any atom is -0.368 e. The van der Waals surface area contributed by atoms with Crippen molar-refractivity contribution >= 4 is 5.91 Å². The van der Waals surface area contributed by atoms with Gasteiger partial charge in [0.05, 0.1) is 19.0 Å². The molecule has 0 aromatic carbocycles. The molecule has 1 amide bonds. The van der Waals surface area contributed by atoms with E-state index in [-0.39, 0.29) is 11.9 Å². The van der Waals surface area contributed by atoms with Crippen molar-refractivity contribution < 1.29 is 9.53 Å². The summed E-state index contributed by atoms with van der Waals surface area (Å²) in [7, 11) is 0. The van der Waals surface area contributed by atoms with Gasteiger partial charge in [0.1, 0.15) is 6.10 Å². The molecular formula is C15H23N3O2. The fraction of sp³-hybridized carbons (Fsp3) is 0.600. The van der Waals surface area contributed by atoms with Crippen LogP contribution in [0.1, 0.15) is 38.6 Å². The molecule has 1 aromatic heterocycles. The van der Waals surface area contributed by atoms with Gasteiger partial charge in [-0.3, -0.25) is 4.79 Å². The molecule has 1 aliphatic carbocycles. The number of rotatable bonds is 7. The predicted octanol–water partition coefficient (Wildman–Crippen LogP) is 2.07. The summed E-state index contributed by atoms with van der Waals surface area (Å²) < 4.78 is 7.56. The highest BCUT2D eigenvalue weighted by Crippen LogP contribution is 2.29. The van der Waals surface area contributed by atoms with Gasteiger partial charge in [0.2, 0.25) is 5.91 Å². The van der Waals surface area contributed by atoms with Crippen LogP contribution >= 0.6 is 0 Å². The van der Waals surface area contributed by atoms with Crippen LogP contribution in [0, 0.1) is 0 Å². The van der Waals surface area contributed by atoms with E-state index in [4.69, 9.17) is 4.74 Å². The van der Waals surface area contributed by atoms with E-state index in [9.17, 15) is 4.79 Å². The lowest BCUT2D eigenvalue weighted by Gasteiger charge is -2.23. The number of hydrogen-bond donors (Lipinski definition) is 1. The fourth-order valence-corrected chi connectivity index (χ4v) is 2.64. The van der Waals surface area contributed by atoms with Crippen LogP contribution in [-0.4, -0.2) is 34.2 Å². The van der Waals surface area contributed by atoms with Crippen LogP contribution in [0.2, 0.25) is 0 Å². The minimum absolute atomic E-state index is 0.0360. The van der Waals surface area contributed by atoms with E-state index >= 15 is 0 Å². The van der Waals surface area contributed by atoms with E-state index in [1.165, 1.54) is 0 Å². The van der Waals surface area contributed by atoms with Gasteiger partial charge < -0.3 is 14.6 Å². The molecule has 0 radical (unpaired) electrons. The fourth-order valence-electron chi connectivity index (χ4n) is 2.64. The zero-order valence-corrected chi connectivity index (χ0v) is 12.0. The zero-order valence-electron chi connectivity index (χ0n) is 12.0. The highest BCUT2D eigenvalue weighted by molar-refractivity contribution is 5.80. The van der Waals surface area contributed by atoms with Crippen LogP contribution in [0.4, 0.5) is 0 Å². The number of aromatic nitrogens is 2. The van der Waals surface area contributed by atoms with Gasteiger partial charge >= 0.3 is 0 Å². The van der Waals surface area contributed by atoms with Crippen LogP contribution in [0.15, 0.2) is 31.4 Å². The molecule has 1 fully saturated rings. The van der Waals surface area contributed by atoms with E-state index in [0.717, 1.165) is 25.7 Å². The summed E-state index contributed by atoms with van der Waals surface area (Å²) in [6.07, 6.45) is 10.9. The molecule has 2 rings (SSSR count). The Labute approximate surface area is 120 Å². The zero-order chi connectivity index (χ0) is 14.4. The van der Waals surface area contributed by atoms with Crippen LogP contribution in [0.3, 0.4) is 0 Å². The van der Waals surface area contributed by atoms with Crippen LogP contribution in [0.25, 0.3) is 0 Å². The second kappa shape index (κ2) is 7.24. The van der Waals surface area contributed by atoms with E-state index in [1.807, 2.05) is 12.5 Å². The van der Waals surface area contributed by atoms with Crippen LogP contribution in [-0.2, 0) is 9.53 Å². The molecule has 20 heavy (non-hydrogen) atoms. The first-order valence-corrected chi connectivity index (χ1v) is 7.22. The molecule has 1 heterocycles. The predicted molar refractivity (Wildman–Crippen MR) is 77.3 cm³/mol. The van der Waals surface area contributed by atoms with E-state index in [0.29, 0.717) is 12.6 Å². The molecule has 0 saturated heterocycles. The molecule has 1 saturated carbocycles. The third-order valence-electron chi connectivity index (χ3n) is 3.77. The van der Waals surface area contributed by atoms with E-state index in [2.05, 4.69) is 21.4 Å². The van der Waals surface area contributed by atoms with E-state index in [1.54, 1.807) is 19.2 Å². The molecule has 0 spiro atoms. The normalized spacial score (nSPS) is 23.4. The Morgan fingerprint density at radius 2 is 2.50 bits per heavy atom. The number of nitrogens with zero attached hydrogens (tertiary/aromatic N) is 2. The van der Waals surface area contributed by atoms with Crippen molar-refractivity contribution in [1.29, 1.82) is 0 Å². The van der Waals surface area contributed by atoms with Crippen molar-refractivity contribution in [2.24, 2.45) is 0 Å². The number of carbonyl (C=O) groups excluding carboxylic acids is 1. The SMILES string of the molecule is C=CCCOC(C)C(=O)NC1CCCC1n1ccnc1. The Hall–Kier alpha value is -1.62. The molecule has 1 N–H and O–H groups in total. The van der Waals surface area contributed by atoms with Gasteiger partial charge in [0.15, 0.2) is 0 Å². The first-order chi connectivity index (χ1) is 9.72. The number of carbonyl (C=O) groups is 1. The third-order valence-corrected chi connectivity index (χ3v) is 3.77. The van der Waals surface area contributed by atoms with Gasteiger partial charge in [-0.15, -0.1) is 6.58 Å². The number of ether oxygens (including phenoxy) is 1. The Morgan fingerprint density at radius 1 is 1.65 bits per heavy atom. The summed E-state index contributed by atoms with van der Waals surface area (Å²) in [4.78, 5) is 16.2. The highest BCUT2D eigenvalue weighted by atomic mass is 16.5. The highest BCUT2D eigenvalue weighted by Gasteiger charge is 2.30. The molecule has 1 aliphatic rings. The second-order valence-electron chi connectivity index (χ2n) is 5.21. The van der Waals surface area contributed by atoms with Gasteiger partial charge in [0, 0.05) is 18.4 Å². The van der Waals surface area contributed by atoms with Crippen molar-refractivity contribution in [2.45, 2.75) is 50.8 Å². The van der Waals surface area contributed by atoms with E-state index < -0.39 is 6.10 Å². The average molecular weight is 277 g/mol. The van der Waals surface area contributed by atoms with Crippen molar-refractivity contribution in [3.8, 4) is 0 Å². The summed E-state index contributed by atoms with van der Waals surface area (Å²) >= 11 is 0. The summed E-state index contributed by atoms with van der Waals surface area (Å²) in [6, 6.07) is 0.476. The standard InChI is InChI=1S/C15H23N3O2/c1-3-4-10-20-12(2)15(19)17-13-6-5-7-14(13)18-9-8-16-11-18/h3,8-9,11-14H,1,4-7,10H2,2H3,(H,17,19). The third kappa shape index (κ3) is 3.70. The summed E-state index contributed by atoms with van der Waals surface area (Å²) in [6.45, 7) is 5.96. The topological polar surface area (TPSA) is 56.1 Å². The lowest BCUT2D eigenvalue weighted by Crippen LogP contribution is -2.43. The lowest BCUT2D eigenvalue weighted by molar-refractivity contribution is -0.132. The first-order valence-electron chi connectivity index (χ1n) is 7.22. The monoisotopic (exact) mass is 277 g/mol. The molecule has 5 nitrogen and oxygen atoms in total. The molecule has 0 bridgehead atoms. The van der Waals surface area contributed by atoms with Gasteiger partial charge in [-0.25, -0.2) is 4.98 Å². The number of hydrogen-bond acceptors (Lipinski definition) is 3. The molecule has 3 atom stereocenters. The van der Waals surface area contributed by atoms with Crippen molar-refractivity contribution in [3.63, 3.8) is 0 Å². The maximum atomic E-state index is 12.1. The summed E-state index contributed by atoms with van der Waals surface area (Å²) in [5, 5.41) is 3.11. The Balaban J connectivity index is 1.85. The summed E-state index contributed by atoms with van der Waals surface area (Å²) in [5.41, 5.74) is 0. The maximum Gasteiger partial charge on any atom is 0.249 e. The Morgan fingerprint density at radius 3 is 3.20 bits per heavy atom. The number of imidazole rings is 1. The van der Waals surface area contributed by atoms with Crippen molar-refractivity contribution in [3.05, 3.63) is 31.4 Å². The van der Waals surface area contributed by atoms with Crippen molar-refractivity contribution in [1.82, 2.24) is 14.9 Å². The molecule has 1 aromatic rings. The summed E-state index contributed by atoms with van der Waals surface area (Å²) in [5.74, 6) is -0.0360. The molecular weight excluding hydrogens is 254 g/mol. The molecule has 3 unspecified atom stereocenters. The average Bonchev–Trinajstić information content (AvgIpc) is 3.08. The van der Waals surface area contributed by atoms with Gasteiger partial charge in [-0.1, -0.05) is 6.08 Å². The van der Waals surface area contributed by atoms with Gasteiger partial charge in [-0.05, 0) is 32.6 Å². The first kappa shape index (κ1) is 14.8. The lowest BCUT2D eigenvalue weighted by atomic mass is 10.1. The Bertz CT molecular complexity index is 430. The number of nitrogens with one attached hydrogen (secondary N) is 1. The Kier molecular flexibility index (Phi) is 5.35. The van der Waals surface area contributed by atoms with Gasteiger partial charge in [0.25, 0.3) is 0 Å². The smallest absolute Gasteiger partial charge is 0.249 e.